The van der Waals surface area contributed by atoms with Crippen LogP contribution in [-0.2, 0) is 9.59 Å². The predicted molar refractivity (Wildman–Crippen MR) is 77.0 cm³/mol. The summed E-state index contributed by atoms with van der Waals surface area (Å²) in [5.74, 6) is 0.300. The molecule has 1 aliphatic heterocycles. The van der Waals surface area contributed by atoms with Crippen LogP contribution in [-0.4, -0.2) is 42.0 Å². The Balaban J connectivity index is 2.09. The lowest BCUT2D eigenvalue weighted by Crippen LogP contribution is -2.51. The lowest BCUT2D eigenvalue weighted by Gasteiger charge is -2.30. The predicted octanol–water partition coefficient (Wildman–Crippen LogP) is 1.20. The number of nitrogens with zero attached hydrogens (tertiary/aromatic N) is 1. The van der Waals surface area contributed by atoms with Crippen molar-refractivity contribution in [2.24, 2.45) is 0 Å². The van der Waals surface area contributed by atoms with Crippen molar-refractivity contribution in [3.63, 3.8) is 0 Å². The number of phenols is 1. The van der Waals surface area contributed by atoms with Crippen molar-refractivity contribution in [1.29, 1.82) is 0 Å². The molecule has 114 valence electrons. The molecule has 0 saturated carbocycles. The van der Waals surface area contributed by atoms with Gasteiger partial charge in [0.2, 0.25) is 11.8 Å². The third-order valence-corrected chi connectivity index (χ3v) is 3.80. The normalized spacial score (nSPS) is 20.5. The zero-order valence-corrected chi connectivity index (χ0v) is 12.4. The van der Waals surface area contributed by atoms with Gasteiger partial charge in [-0.25, -0.2) is 0 Å². The molecule has 6 nitrogen and oxygen atoms in total. The topological polar surface area (TPSA) is 78.9 Å². The number of benzene rings is 1. The fourth-order valence-electron chi connectivity index (χ4n) is 2.48. The zero-order valence-electron chi connectivity index (χ0n) is 12.4. The number of amides is 2. The van der Waals surface area contributed by atoms with Crippen LogP contribution >= 0.6 is 0 Å². The van der Waals surface area contributed by atoms with Crippen LogP contribution in [0.15, 0.2) is 18.2 Å². The van der Waals surface area contributed by atoms with Crippen LogP contribution in [0.4, 0.5) is 0 Å². The first-order chi connectivity index (χ1) is 9.93. The Morgan fingerprint density at radius 3 is 2.76 bits per heavy atom. The van der Waals surface area contributed by atoms with Gasteiger partial charge in [-0.1, -0.05) is 6.07 Å². The van der Waals surface area contributed by atoms with Crippen LogP contribution in [0, 0.1) is 0 Å². The van der Waals surface area contributed by atoms with Crippen LogP contribution in [0.2, 0.25) is 0 Å². The Bertz CT molecular complexity index is 559. The van der Waals surface area contributed by atoms with E-state index in [0.29, 0.717) is 24.2 Å². The molecule has 1 aliphatic rings. The second-order valence-electron chi connectivity index (χ2n) is 5.20. The Labute approximate surface area is 123 Å². The number of carbonyl (C=O) groups excluding carboxylic acids is 2. The van der Waals surface area contributed by atoms with Gasteiger partial charge in [0, 0.05) is 31.1 Å². The second-order valence-corrected chi connectivity index (χ2v) is 5.20. The second kappa shape index (κ2) is 6.13. The minimum absolute atomic E-state index is 0.113. The standard InChI is InChI=1S/C15H20N2O4/c1-9(11-5-4-10(21-3)8-13(11)18)16-12-6-7-14(19)17(2)15(12)20/h4-5,8-9,12,16,18H,6-7H2,1-3H3. The molecule has 1 saturated heterocycles. The van der Waals surface area contributed by atoms with E-state index in [4.69, 9.17) is 4.74 Å². The summed E-state index contributed by atoms with van der Waals surface area (Å²) in [4.78, 5) is 24.7. The number of hydrogen-bond acceptors (Lipinski definition) is 5. The molecule has 6 heteroatoms. The van der Waals surface area contributed by atoms with Crippen LogP contribution in [0.1, 0.15) is 31.4 Å². The van der Waals surface area contributed by atoms with Crippen molar-refractivity contribution in [3.05, 3.63) is 23.8 Å². The van der Waals surface area contributed by atoms with Crippen molar-refractivity contribution in [3.8, 4) is 11.5 Å². The van der Waals surface area contributed by atoms with E-state index < -0.39 is 6.04 Å². The Hall–Kier alpha value is -2.08. The molecule has 0 spiro atoms. The number of carbonyl (C=O) groups is 2. The molecule has 2 unspecified atom stereocenters. The summed E-state index contributed by atoms with van der Waals surface area (Å²) in [5.41, 5.74) is 0.683. The van der Waals surface area contributed by atoms with Gasteiger partial charge in [0.05, 0.1) is 13.2 Å². The van der Waals surface area contributed by atoms with E-state index in [9.17, 15) is 14.7 Å². The van der Waals surface area contributed by atoms with Crippen molar-refractivity contribution in [2.75, 3.05) is 14.2 Å². The van der Waals surface area contributed by atoms with E-state index in [2.05, 4.69) is 5.32 Å². The fourth-order valence-corrected chi connectivity index (χ4v) is 2.48. The number of phenolic OH excluding ortho intramolecular Hbond substituents is 1. The van der Waals surface area contributed by atoms with Gasteiger partial charge < -0.3 is 9.84 Å². The van der Waals surface area contributed by atoms with Crippen LogP contribution < -0.4 is 10.1 Å². The van der Waals surface area contributed by atoms with E-state index in [1.807, 2.05) is 6.92 Å². The first kappa shape index (κ1) is 15.3. The summed E-state index contributed by atoms with van der Waals surface area (Å²) in [6.45, 7) is 1.87. The summed E-state index contributed by atoms with van der Waals surface area (Å²) in [6.07, 6.45) is 0.824. The molecule has 1 heterocycles. The van der Waals surface area contributed by atoms with E-state index in [1.165, 1.54) is 20.2 Å². The van der Waals surface area contributed by atoms with E-state index >= 15 is 0 Å². The number of likely N-dealkylation sites (N-methyl/N-ethyl adjacent to an activating group) is 1. The van der Waals surface area contributed by atoms with E-state index in [0.717, 1.165) is 4.90 Å². The Morgan fingerprint density at radius 1 is 1.43 bits per heavy atom. The maximum atomic E-state index is 12.0. The van der Waals surface area contributed by atoms with E-state index in [1.54, 1.807) is 12.1 Å². The van der Waals surface area contributed by atoms with Crippen molar-refractivity contribution in [2.45, 2.75) is 31.8 Å². The number of rotatable bonds is 4. The smallest absolute Gasteiger partial charge is 0.246 e. The largest absolute Gasteiger partial charge is 0.507 e. The highest BCUT2D eigenvalue weighted by molar-refractivity contribution is 6.00. The maximum Gasteiger partial charge on any atom is 0.246 e. The lowest BCUT2D eigenvalue weighted by atomic mass is 10.0. The molecule has 1 aromatic rings. The summed E-state index contributed by atoms with van der Waals surface area (Å²) in [5, 5.41) is 13.2. The Kier molecular flexibility index (Phi) is 4.47. The quantitative estimate of drug-likeness (QED) is 0.815. The van der Waals surface area contributed by atoms with Gasteiger partial charge in [-0.3, -0.25) is 19.8 Å². The molecular weight excluding hydrogens is 272 g/mol. The number of nitrogens with one attached hydrogen (secondary N) is 1. The average Bonchev–Trinajstić information content (AvgIpc) is 2.47. The molecule has 0 aromatic heterocycles. The minimum Gasteiger partial charge on any atom is -0.507 e. The molecule has 21 heavy (non-hydrogen) atoms. The van der Waals surface area contributed by atoms with Crippen LogP contribution in [0.3, 0.4) is 0 Å². The molecule has 1 fully saturated rings. The van der Waals surface area contributed by atoms with Crippen molar-refractivity contribution >= 4 is 11.8 Å². The maximum absolute atomic E-state index is 12.0. The zero-order chi connectivity index (χ0) is 15.6. The van der Waals surface area contributed by atoms with Gasteiger partial charge in [0.15, 0.2) is 0 Å². The number of likely N-dealkylation sites (tertiary alicyclic amines) is 1. The van der Waals surface area contributed by atoms with Crippen LogP contribution in [0.5, 0.6) is 11.5 Å². The SMILES string of the molecule is COc1ccc(C(C)NC2CCC(=O)N(C)C2=O)c(O)c1. The van der Waals surface area contributed by atoms with Crippen molar-refractivity contribution < 1.29 is 19.4 Å². The van der Waals surface area contributed by atoms with Gasteiger partial charge in [-0.2, -0.15) is 0 Å². The van der Waals surface area contributed by atoms with Crippen LogP contribution in [0.25, 0.3) is 0 Å². The highest BCUT2D eigenvalue weighted by Crippen LogP contribution is 2.29. The van der Waals surface area contributed by atoms with Gasteiger partial charge in [-0.15, -0.1) is 0 Å². The van der Waals surface area contributed by atoms with Crippen molar-refractivity contribution in [1.82, 2.24) is 10.2 Å². The number of hydrogen-bond donors (Lipinski definition) is 2. The highest BCUT2D eigenvalue weighted by Gasteiger charge is 2.32. The molecular formula is C15H20N2O4. The first-order valence-electron chi connectivity index (χ1n) is 6.87. The van der Waals surface area contributed by atoms with Gasteiger partial charge >= 0.3 is 0 Å². The Morgan fingerprint density at radius 2 is 2.14 bits per heavy atom. The van der Waals surface area contributed by atoms with Gasteiger partial charge in [-0.05, 0) is 19.4 Å². The monoisotopic (exact) mass is 292 g/mol. The molecule has 2 rings (SSSR count). The highest BCUT2D eigenvalue weighted by atomic mass is 16.5. The number of imide groups is 1. The molecule has 2 amide bonds. The summed E-state index contributed by atoms with van der Waals surface area (Å²) >= 11 is 0. The third kappa shape index (κ3) is 3.16. The molecule has 0 bridgehead atoms. The number of piperidine rings is 1. The number of ether oxygens (including phenoxy) is 1. The lowest BCUT2D eigenvalue weighted by molar-refractivity contribution is -0.148. The summed E-state index contributed by atoms with van der Waals surface area (Å²) in [7, 11) is 3.03. The fraction of sp³-hybridized carbons (Fsp3) is 0.467. The first-order valence-corrected chi connectivity index (χ1v) is 6.87. The number of aromatic hydroxyl groups is 1. The number of methoxy groups -OCH3 is 1. The molecule has 0 aliphatic carbocycles. The minimum atomic E-state index is -0.413. The average molecular weight is 292 g/mol. The summed E-state index contributed by atoms with van der Waals surface area (Å²) in [6, 6.07) is 4.42. The molecule has 2 N–H and O–H groups in total. The molecule has 1 aromatic carbocycles. The van der Waals surface area contributed by atoms with Gasteiger partial charge in [0.25, 0.3) is 0 Å². The van der Waals surface area contributed by atoms with E-state index in [-0.39, 0.29) is 23.6 Å². The third-order valence-electron chi connectivity index (χ3n) is 3.80. The molecule has 0 radical (unpaired) electrons. The van der Waals surface area contributed by atoms with Gasteiger partial charge in [0.1, 0.15) is 11.5 Å². The molecule has 2 atom stereocenters. The summed E-state index contributed by atoms with van der Waals surface area (Å²) < 4.78 is 5.04.